The fourth-order valence-corrected chi connectivity index (χ4v) is 6.29. The normalized spacial score (nSPS) is 13.9. The second-order valence-electron chi connectivity index (χ2n) is 8.61. The lowest BCUT2D eigenvalue weighted by Crippen LogP contribution is -2.18. The molecule has 10 nitrogen and oxygen atoms in total. The lowest BCUT2D eigenvalue weighted by atomic mass is 10.2. The maximum atomic E-state index is 13.1. The number of carbonyl (C=O) groups is 1. The summed E-state index contributed by atoms with van der Waals surface area (Å²) in [7, 11) is -4.60. The number of hydrogen-bond donors (Lipinski definition) is 1. The van der Waals surface area contributed by atoms with E-state index in [0.29, 0.717) is 41.3 Å². The largest absolute Gasteiger partial charge is 0.488 e. The Kier molecular flexibility index (Phi) is 10.1. The molecule has 2 atom stereocenters. The van der Waals surface area contributed by atoms with Crippen molar-refractivity contribution in [1.82, 2.24) is 4.98 Å². The predicted molar refractivity (Wildman–Crippen MR) is 147 cm³/mol. The number of amides is 1. The Morgan fingerprint density at radius 1 is 1.13 bits per heavy atom. The molecule has 1 N–H and O–H groups in total. The zero-order chi connectivity index (χ0) is 27.9. The van der Waals surface area contributed by atoms with E-state index in [2.05, 4.69) is 10.3 Å². The number of anilines is 1. The molecule has 0 saturated carbocycles. The summed E-state index contributed by atoms with van der Waals surface area (Å²) in [6.07, 6.45) is 1.00. The van der Waals surface area contributed by atoms with Crippen molar-refractivity contribution in [2.45, 2.75) is 31.0 Å². The SMILES string of the molecule is CCO[P@](C)(=O)Cc1csc(NC(=O)c2cc(Oc3ccc(S(C)(=O)=O)cc3)cc(O[C@@H](C)COC)c2)n1. The quantitative estimate of drug-likeness (QED) is 0.262. The average Bonchev–Trinajstić information content (AvgIpc) is 3.24. The Morgan fingerprint density at radius 2 is 1.82 bits per heavy atom. The molecule has 0 aliphatic carbocycles. The van der Waals surface area contributed by atoms with Crippen LogP contribution in [0.5, 0.6) is 17.2 Å². The van der Waals surface area contributed by atoms with Crippen LogP contribution in [0.25, 0.3) is 0 Å². The van der Waals surface area contributed by atoms with Crippen LogP contribution in [0.4, 0.5) is 5.13 Å². The van der Waals surface area contributed by atoms with Gasteiger partial charge in [-0.05, 0) is 50.2 Å². The van der Waals surface area contributed by atoms with Gasteiger partial charge in [0, 0.05) is 37.0 Å². The summed E-state index contributed by atoms with van der Waals surface area (Å²) in [6, 6.07) is 10.7. The molecule has 13 heteroatoms. The van der Waals surface area contributed by atoms with Crippen molar-refractivity contribution in [3.8, 4) is 17.2 Å². The second kappa shape index (κ2) is 12.9. The number of hydrogen-bond acceptors (Lipinski definition) is 10. The van der Waals surface area contributed by atoms with E-state index in [1.54, 1.807) is 38.2 Å². The van der Waals surface area contributed by atoms with E-state index in [0.717, 1.165) is 6.26 Å². The number of sulfone groups is 1. The summed E-state index contributed by atoms with van der Waals surface area (Å²) in [4.78, 5) is 17.6. The zero-order valence-corrected chi connectivity index (χ0v) is 24.3. The van der Waals surface area contributed by atoms with E-state index in [1.165, 1.54) is 41.7 Å². The van der Waals surface area contributed by atoms with E-state index in [4.69, 9.17) is 18.7 Å². The molecule has 1 aromatic heterocycles. The van der Waals surface area contributed by atoms with Gasteiger partial charge >= 0.3 is 0 Å². The summed E-state index contributed by atoms with van der Waals surface area (Å²) in [5.41, 5.74) is 0.818. The first-order valence-corrected chi connectivity index (χ1v) is 16.7. The van der Waals surface area contributed by atoms with Crippen LogP contribution in [0.2, 0.25) is 0 Å². The third kappa shape index (κ3) is 8.92. The number of nitrogens with zero attached hydrogens (tertiary/aromatic N) is 1. The first-order chi connectivity index (χ1) is 17.9. The molecule has 3 rings (SSSR count). The van der Waals surface area contributed by atoms with Crippen LogP contribution in [-0.2, 0) is 29.8 Å². The van der Waals surface area contributed by atoms with E-state index in [-0.39, 0.29) is 22.7 Å². The molecule has 0 fully saturated rings. The molecule has 1 heterocycles. The van der Waals surface area contributed by atoms with Gasteiger partial charge in [-0.2, -0.15) is 0 Å². The molecule has 38 heavy (non-hydrogen) atoms. The van der Waals surface area contributed by atoms with Crippen LogP contribution in [0.1, 0.15) is 29.9 Å². The van der Waals surface area contributed by atoms with Gasteiger partial charge in [-0.25, -0.2) is 13.4 Å². The fourth-order valence-electron chi connectivity index (χ4n) is 3.44. The lowest BCUT2D eigenvalue weighted by Gasteiger charge is -2.16. The molecule has 2 aromatic carbocycles. The van der Waals surface area contributed by atoms with Crippen molar-refractivity contribution in [3.63, 3.8) is 0 Å². The topological polar surface area (TPSA) is 130 Å². The molecule has 3 aromatic rings. The van der Waals surface area contributed by atoms with Crippen molar-refractivity contribution in [2.75, 3.05) is 38.6 Å². The molecule has 0 aliphatic rings. The number of carbonyl (C=O) groups excluding carboxylic acids is 1. The number of ether oxygens (including phenoxy) is 3. The minimum absolute atomic E-state index is 0.166. The van der Waals surface area contributed by atoms with Gasteiger partial charge in [0.15, 0.2) is 15.0 Å². The van der Waals surface area contributed by atoms with Crippen molar-refractivity contribution >= 4 is 39.6 Å². The fraction of sp³-hybridized carbons (Fsp3) is 0.360. The summed E-state index contributed by atoms with van der Waals surface area (Å²) in [6.45, 7) is 5.84. The highest BCUT2D eigenvalue weighted by Crippen LogP contribution is 2.46. The third-order valence-corrected chi connectivity index (χ3v) is 8.63. The molecule has 206 valence electrons. The summed E-state index contributed by atoms with van der Waals surface area (Å²) in [5, 5.41) is 4.83. The monoisotopic (exact) mass is 582 g/mol. The zero-order valence-electron chi connectivity index (χ0n) is 21.8. The number of methoxy groups -OCH3 is 1. The first kappa shape index (κ1) is 29.8. The first-order valence-electron chi connectivity index (χ1n) is 11.6. The number of rotatable bonds is 13. The van der Waals surface area contributed by atoms with Crippen LogP contribution < -0.4 is 14.8 Å². The third-order valence-electron chi connectivity index (χ3n) is 4.99. The number of benzene rings is 2. The van der Waals surface area contributed by atoms with Gasteiger partial charge in [-0.3, -0.25) is 14.7 Å². The number of nitrogens with one attached hydrogen (secondary N) is 1. The summed E-state index contributed by atoms with van der Waals surface area (Å²) < 4.78 is 58.2. The minimum atomic E-state index is -3.35. The predicted octanol–water partition coefficient (Wildman–Crippen LogP) is 5.45. The number of aromatic nitrogens is 1. The molecule has 0 radical (unpaired) electrons. The highest BCUT2D eigenvalue weighted by atomic mass is 32.2. The molecule has 0 saturated heterocycles. The molecule has 0 unspecified atom stereocenters. The van der Waals surface area contributed by atoms with Gasteiger partial charge in [0.1, 0.15) is 23.4 Å². The van der Waals surface area contributed by atoms with Gasteiger partial charge < -0.3 is 18.7 Å². The van der Waals surface area contributed by atoms with Crippen LogP contribution in [-0.4, -0.2) is 58.7 Å². The molecule has 0 aliphatic heterocycles. The van der Waals surface area contributed by atoms with Gasteiger partial charge in [0.2, 0.25) is 7.37 Å². The van der Waals surface area contributed by atoms with Crippen LogP contribution in [0.3, 0.4) is 0 Å². The number of thiazole rings is 1. The Hall–Kier alpha value is -2.76. The lowest BCUT2D eigenvalue weighted by molar-refractivity contribution is 0.0916. The maximum absolute atomic E-state index is 13.1. The van der Waals surface area contributed by atoms with Crippen molar-refractivity contribution in [3.05, 3.63) is 59.1 Å². The van der Waals surface area contributed by atoms with Crippen LogP contribution in [0.15, 0.2) is 52.7 Å². The average molecular weight is 583 g/mol. The Balaban J connectivity index is 1.83. The highest BCUT2D eigenvalue weighted by Gasteiger charge is 2.19. The van der Waals surface area contributed by atoms with Crippen LogP contribution >= 0.6 is 18.7 Å². The molecular formula is C25H31N2O8PS2. The van der Waals surface area contributed by atoms with Crippen molar-refractivity contribution in [1.29, 1.82) is 0 Å². The Morgan fingerprint density at radius 3 is 2.45 bits per heavy atom. The standard InChI is InChI=1S/C25H31N2O8PS2/c1-6-33-36(4,29)15-19-16-37-25(26-19)27-24(28)18-11-21(34-17(2)14-32-3)13-22(12-18)35-20-7-9-23(10-8-20)38(5,30)31/h7-13,16-17H,6,14-15H2,1-5H3,(H,26,27,28)/t17-,36-/m0/s1. The second-order valence-corrected chi connectivity index (χ2v) is 14.1. The van der Waals surface area contributed by atoms with Gasteiger partial charge in [0.25, 0.3) is 5.91 Å². The van der Waals surface area contributed by atoms with E-state index in [1.807, 2.05) is 6.92 Å². The minimum Gasteiger partial charge on any atom is -0.488 e. The van der Waals surface area contributed by atoms with Crippen molar-refractivity contribution in [2.24, 2.45) is 0 Å². The Labute approximate surface area is 226 Å². The van der Waals surface area contributed by atoms with Gasteiger partial charge in [0.05, 0.1) is 30.0 Å². The van der Waals surface area contributed by atoms with E-state index >= 15 is 0 Å². The Bertz CT molecular complexity index is 1410. The molecular weight excluding hydrogens is 551 g/mol. The molecule has 0 spiro atoms. The van der Waals surface area contributed by atoms with Gasteiger partial charge in [-0.15, -0.1) is 11.3 Å². The van der Waals surface area contributed by atoms with Gasteiger partial charge in [-0.1, -0.05) is 0 Å². The summed E-state index contributed by atoms with van der Waals surface area (Å²) >= 11 is 1.22. The summed E-state index contributed by atoms with van der Waals surface area (Å²) in [5.74, 6) is 0.632. The molecule has 1 amide bonds. The van der Waals surface area contributed by atoms with E-state index in [9.17, 15) is 17.8 Å². The van der Waals surface area contributed by atoms with E-state index < -0.39 is 23.1 Å². The smallest absolute Gasteiger partial charge is 0.257 e. The maximum Gasteiger partial charge on any atom is 0.257 e. The van der Waals surface area contributed by atoms with Crippen molar-refractivity contribution < 1.29 is 36.5 Å². The van der Waals surface area contributed by atoms with Crippen LogP contribution in [0, 0.1) is 0 Å². The highest BCUT2D eigenvalue weighted by molar-refractivity contribution is 7.90. The molecule has 0 bridgehead atoms.